The van der Waals surface area contributed by atoms with Crippen LogP contribution in [0.15, 0.2) is 53.1 Å². The lowest BCUT2D eigenvalue weighted by atomic mass is 10.1. The molecule has 4 heteroatoms. The molecule has 0 atom stereocenters. The number of hydrogen-bond acceptors (Lipinski definition) is 3. The Kier molecular flexibility index (Phi) is 3.92. The van der Waals surface area contributed by atoms with Crippen molar-refractivity contribution < 1.29 is 9.32 Å². The third kappa shape index (κ3) is 2.72. The normalized spacial score (nSPS) is 10.8. The van der Waals surface area contributed by atoms with E-state index >= 15 is 0 Å². The van der Waals surface area contributed by atoms with Crippen LogP contribution in [0.25, 0.3) is 11.0 Å². The minimum atomic E-state index is 0.0205. The van der Waals surface area contributed by atoms with Gasteiger partial charge in [-0.1, -0.05) is 29.4 Å². The Bertz CT molecular complexity index is 807. The van der Waals surface area contributed by atoms with Gasteiger partial charge < -0.3 is 9.42 Å². The third-order valence-electron chi connectivity index (χ3n) is 3.70. The van der Waals surface area contributed by atoms with Crippen molar-refractivity contribution in [3.63, 3.8) is 0 Å². The van der Waals surface area contributed by atoms with Crippen molar-refractivity contribution in [2.24, 2.45) is 0 Å². The van der Waals surface area contributed by atoms with E-state index in [0.717, 1.165) is 16.6 Å². The molecule has 1 aromatic heterocycles. The number of benzene rings is 2. The summed E-state index contributed by atoms with van der Waals surface area (Å²) in [5, 5.41) is 4.94. The average Bonchev–Trinajstić information content (AvgIpc) is 2.91. The molecule has 3 aromatic rings. The van der Waals surface area contributed by atoms with Gasteiger partial charge in [0.15, 0.2) is 5.58 Å². The van der Waals surface area contributed by atoms with Crippen LogP contribution in [0.1, 0.15) is 18.2 Å². The highest BCUT2D eigenvalue weighted by Crippen LogP contribution is 2.21. The van der Waals surface area contributed by atoms with Gasteiger partial charge in [-0.2, -0.15) is 0 Å². The summed E-state index contributed by atoms with van der Waals surface area (Å²) in [6.45, 7) is 4.62. The SMILES string of the molecule is CCN(C(=O)Cc1noc2ccccc12)c1cccc(C)c1. The fraction of sp³-hybridized carbons (Fsp3) is 0.222. The molecule has 0 N–H and O–H groups in total. The second kappa shape index (κ2) is 6.02. The molecular weight excluding hydrogens is 276 g/mol. The molecule has 0 aliphatic rings. The number of likely N-dealkylation sites (N-methyl/N-ethyl adjacent to an activating group) is 1. The number of para-hydroxylation sites is 1. The maximum Gasteiger partial charge on any atom is 0.233 e. The van der Waals surface area contributed by atoms with Gasteiger partial charge in [0.05, 0.1) is 6.42 Å². The maximum atomic E-state index is 12.6. The molecule has 0 aliphatic heterocycles. The predicted octanol–water partition coefficient (Wildman–Crippen LogP) is 3.73. The molecule has 0 unspecified atom stereocenters. The summed E-state index contributed by atoms with van der Waals surface area (Å²) in [6, 6.07) is 15.6. The van der Waals surface area contributed by atoms with Crippen LogP contribution < -0.4 is 4.90 Å². The molecule has 0 radical (unpaired) electrons. The number of aryl methyl sites for hydroxylation is 1. The lowest BCUT2D eigenvalue weighted by Gasteiger charge is -2.21. The molecule has 22 heavy (non-hydrogen) atoms. The first kappa shape index (κ1) is 14.3. The maximum absolute atomic E-state index is 12.6. The Morgan fingerprint density at radius 2 is 2.00 bits per heavy atom. The summed E-state index contributed by atoms with van der Waals surface area (Å²) in [5.41, 5.74) is 3.45. The van der Waals surface area contributed by atoms with Crippen LogP contribution in [-0.4, -0.2) is 17.6 Å². The van der Waals surface area contributed by atoms with Gasteiger partial charge in [0, 0.05) is 17.6 Å². The smallest absolute Gasteiger partial charge is 0.233 e. The molecule has 3 rings (SSSR count). The van der Waals surface area contributed by atoms with Crippen molar-refractivity contribution in [2.75, 3.05) is 11.4 Å². The van der Waals surface area contributed by atoms with E-state index in [4.69, 9.17) is 4.52 Å². The summed E-state index contributed by atoms with van der Waals surface area (Å²) in [7, 11) is 0. The monoisotopic (exact) mass is 294 g/mol. The van der Waals surface area contributed by atoms with Crippen molar-refractivity contribution >= 4 is 22.6 Å². The van der Waals surface area contributed by atoms with E-state index in [-0.39, 0.29) is 12.3 Å². The second-order valence-electron chi connectivity index (χ2n) is 5.28. The number of nitrogens with zero attached hydrogens (tertiary/aromatic N) is 2. The lowest BCUT2D eigenvalue weighted by molar-refractivity contribution is -0.118. The summed E-state index contributed by atoms with van der Waals surface area (Å²) in [5.74, 6) is 0.0205. The molecule has 0 spiro atoms. The fourth-order valence-electron chi connectivity index (χ4n) is 2.60. The van der Waals surface area contributed by atoms with Gasteiger partial charge in [0.2, 0.25) is 5.91 Å². The number of hydrogen-bond donors (Lipinski definition) is 0. The Hall–Kier alpha value is -2.62. The molecule has 4 nitrogen and oxygen atoms in total. The Morgan fingerprint density at radius 3 is 2.77 bits per heavy atom. The third-order valence-corrected chi connectivity index (χ3v) is 3.70. The van der Waals surface area contributed by atoms with Gasteiger partial charge in [0.25, 0.3) is 0 Å². The van der Waals surface area contributed by atoms with Crippen LogP contribution in [0.3, 0.4) is 0 Å². The van der Waals surface area contributed by atoms with Gasteiger partial charge in [0.1, 0.15) is 5.69 Å². The Balaban J connectivity index is 1.86. The number of anilines is 1. The van der Waals surface area contributed by atoms with Crippen LogP contribution in [0.2, 0.25) is 0 Å². The van der Waals surface area contributed by atoms with Gasteiger partial charge in [-0.3, -0.25) is 4.79 Å². The molecule has 0 aliphatic carbocycles. The van der Waals surface area contributed by atoms with Gasteiger partial charge in [-0.25, -0.2) is 0 Å². The van der Waals surface area contributed by atoms with E-state index in [1.54, 1.807) is 4.90 Å². The van der Waals surface area contributed by atoms with Crippen LogP contribution in [0.4, 0.5) is 5.69 Å². The number of aromatic nitrogens is 1. The number of carbonyl (C=O) groups excluding carboxylic acids is 1. The highest BCUT2D eigenvalue weighted by Gasteiger charge is 2.18. The van der Waals surface area contributed by atoms with Crippen molar-refractivity contribution in [2.45, 2.75) is 20.3 Å². The molecule has 0 fully saturated rings. The van der Waals surface area contributed by atoms with Crippen molar-refractivity contribution in [3.8, 4) is 0 Å². The van der Waals surface area contributed by atoms with Crippen LogP contribution in [0, 0.1) is 6.92 Å². The summed E-state index contributed by atoms with van der Waals surface area (Å²) >= 11 is 0. The molecule has 0 bridgehead atoms. The number of fused-ring (bicyclic) bond motifs is 1. The molecule has 0 saturated heterocycles. The summed E-state index contributed by atoms with van der Waals surface area (Å²) in [6.07, 6.45) is 0.235. The van der Waals surface area contributed by atoms with Gasteiger partial charge in [-0.15, -0.1) is 0 Å². The zero-order valence-electron chi connectivity index (χ0n) is 12.7. The van der Waals surface area contributed by atoms with Crippen LogP contribution >= 0.6 is 0 Å². The summed E-state index contributed by atoms with van der Waals surface area (Å²) < 4.78 is 5.27. The van der Waals surface area contributed by atoms with E-state index in [0.29, 0.717) is 17.8 Å². The first-order valence-electron chi connectivity index (χ1n) is 7.39. The highest BCUT2D eigenvalue weighted by molar-refractivity contribution is 5.96. The largest absolute Gasteiger partial charge is 0.356 e. The standard InChI is InChI=1S/C18H18N2O2/c1-3-20(14-8-6-7-13(2)11-14)18(21)12-16-15-9-4-5-10-17(15)22-19-16/h4-11H,3,12H2,1-2H3. The number of carbonyl (C=O) groups is 1. The van der Waals surface area contributed by atoms with Crippen molar-refractivity contribution in [3.05, 3.63) is 59.8 Å². The van der Waals surface area contributed by atoms with Crippen LogP contribution in [-0.2, 0) is 11.2 Å². The van der Waals surface area contributed by atoms with E-state index in [2.05, 4.69) is 5.16 Å². The zero-order valence-corrected chi connectivity index (χ0v) is 12.7. The minimum absolute atomic E-state index is 0.0205. The minimum Gasteiger partial charge on any atom is -0.356 e. The Morgan fingerprint density at radius 1 is 1.18 bits per heavy atom. The molecule has 0 saturated carbocycles. The van der Waals surface area contributed by atoms with Crippen LogP contribution in [0.5, 0.6) is 0 Å². The number of amides is 1. The molecular formula is C18H18N2O2. The van der Waals surface area contributed by atoms with E-state index in [1.165, 1.54) is 0 Å². The average molecular weight is 294 g/mol. The second-order valence-corrected chi connectivity index (χ2v) is 5.28. The van der Waals surface area contributed by atoms with E-state index < -0.39 is 0 Å². The molecule has 112 valence electrons. The number of rotatable bonds is 4. The fourth-order valence-corrected chi connectivity index (χ4v) is 2.60. The lowest BCUT2D eigenvalue weighted by Crippen LogP contribution is -2.32. The predicted molar refractivity (Wildman–Crippen MR) is 86.9 cm³/mol. The first-order valence-corrected chi connectivity index (χ1v) is 7.39. The summed E-state index contributed by atoms with van der Waals surface area (Å²) in [4.78, 5) is 14.4. The molecule has 1 heterocycles. The van der Waals surface area contributed by atoms with E-state index in [1.807, 2.05) is 62.4 Å². The quantitative estimate of drug-likeness (QED) is 0.736. The zero-order chi connectivity index (χ0) is 15.5. The first-order chi connectivity index (χ1) is 10.7. The Labute approximate surface area is 129 Å². The van der Waals surface area contributed by atoms with Gasteiger partial charge >= 0.3 is 0 Å². The highest BCUT2D eigenvalue weighted by atomic mass is 16.5. The molecule has 2 aromatic carbocycles. The van der Waals surface area contributed by atoms with Gasteiger partial charge in [-0.05, 0) is 43.7 Å². The molecule has 1 amide bonds. The van der Waals surface area contributed by atoms with E-state index in [9.17, 15) is 4.79 Å². The van der Waals surface area contributed by atoms with Crippen molar-refractivity contribution in [1.82, 2.24) is 5.16 Å². The van der Waals surface area contributed by atoms with Crippen molar-refractivity contribution in [1.29, 1.82) is 0 Å². The topological polar surface area (TPSA) is 46.3 Å².